The molecule has 0 radical (unpaired) electrons. The molecule has 0 spiro atoms. The third-order valence-corrected chi connectivity index (χ3v) is 3.00. The minimum absolute atomic E-state index is 0.848. The highest BCUT2D eigenvalue weighted by Crippen LogP contribution is 2.16. The molecule has 96 valence electrons. The first kappa shape index (κ1) is 12.5. The summed E-state index contributed by atoms with van der Waals surface area (Å²) in [5.41, 5.74) is 8.90. The number of aromatic nitrogens is 2. The normalized spacial score (nSPS) is 10.5. The summed E-state index contributed by atoms with van der Waals surface area (Å²) in [4.78, 5) is 4.02. The second kappa shape index (κ2) is 6.10. The zero-order valence-electron chi connectivity index (χ0n) is 10.8. The first-order chi connectivity index (χ1) is 8.75. The van der Waals surface area contributed by atoms with Gasteiger partial charge in [0.2, 0.25) is 0 Å². The lowest BCUT2D eigenvalue weighted by Gasteiger charge is -2.08. The summed E-state index contributed by atoms with van der Waals surface area (Å²) < 4.78 is 2.10. The van der Waals surface area contributed by atoms with Crippen LogP contribution >= 0.6 is 0 Å². The molecular weight excluding hydrogens is 224 g/mol. The first-order valence-corrected chi connectivity index (χ1v) is 6.31. The number of anilines is 2. The number of benzene rings is 1. The summed E-state index contributed by atoms with van der Waals surface area (Å²) in [7, 11) is 0. The van der Waals surface area contributed by atoms with Crippen LogP contribution in [0.3, 0.4) is 0 Å². The number of nitrogens with one attached hydrogen (secondary N) is 1. The quantitative estimate of drug-likeness (QED) is 0.606. The van der Waals surface area contributed by atoms with Gasteiger partial charge in [-0.25, -0.2) is 4.98 Å². The van der Waals surface area contributed by atoms with Gasteiger partial charge in [-0.1, -0.05) is 0 Å². The van der Waals surface area contributed by atoms with E-state index in [0.717, 1.165) is 42.9 Å². The number of hydrogen-bond donors (Lipinski definition) is 2. The molecule has 1 aromatic carbocycles. The number of hydrogen-bond acceptors (Lipinski definition) is 3. The number of rotatable bonds is 6. The number of nitrogen functional groups attached to an aromatic ring is 1. The Morgan fingerprint density at radius 1 is 1.33 bits per heavy atom. The van der Waals surface area contributed by atoms with Gasteiger partial charge in [0.1, 0.15) is 0 Å². The predicted molar refractivity (Wildman–Crippen MR) is 75.5 cm³/mol. The number of imidazole rings is 1. The molecular formula is C14H20N4. The van der Waals surface area contributed by atoms with Crippen molar-refractivity contribution in [3.8, 4) is 0 Å². The van der Waals surface area contributed by atoms with Crippen molar-refractivity contribution in [2.45, 2.75) is 26.3 Å². The Bertz CT molecular complexity index is 477. The fraction of sp³-hybridized carbons (Fsp3) is 0.357. The lowest BCUT2D eigenvalue weighted by atomic mass is 10.2. The second-order valence-corrected chi connectivity index (χ2v) is 4.51. The van der Waals surface area contributed by atoms with Crippen molar-refractivity contribution in [3.63, 3.8) is 0 Å². The van der Waals surface area contributed by atoms with Gasteiger partial charge in [-0.05, 0) is 43.5 Å². The van der Waals surface area contributed by atoms with E-state index < -0.39 is 0 Å². The zero-order chi connectivity index (χ0) is 12.8. The molecule has 0 saturated carbocycles. The highest BCUT2D eigenvalue weighted by Gasteiger charge is 1.96. The molecule has 0 unspecified atom stereocenters. The summed E-state index contributed by atoms with van der Waals surface area (Å²) in [6.07, 6.45) is 7.96. The van der Waals surface area contributed by atoms with E-state index in [1.54, 1.807) is 0 Å². The molecule has 4 heteroatoms. The highest BCUT2D eigenvalue weighted by atomic mass is 15.0. The topological polar surface area (TPSA) is 55.9 Å². The number of unbranched alkanes of at least 4 members (excludes halogenated alkanes) is 1. The summed E-state index contributed by atoms with van der Waals surface area (Å²) in [5.74, 6) is 0. The van der Waals surface area contributed by atoms with E-state index in [-0.39, 0.29) is 0 Å². The maximum atomic E-state index is 5.78. The Labute approximate surface area is 108 Å². The van der Waals surface area contributed by atoms with Crippen molar-refractivity contribution in [2.75, 3.05) is 17.6 Å². The maximum Gasteiger partial charge on any atom is 0.0945 e. The molecule has 0 atom stereocenters. The van der Waals surface area contributed by atoms with Crippen LogP contribution in [0.1, 0.15) is 18.4 Å². The van der Waals surface area contributed by atoms with Crippen LogP contribution in [-0.4, -0.2) is 16.1 Å². The van der Waals surface area contributed by atoms with Gasteiger partial charge >= 0.3 is 0 Å². The fourth-order valence-electron chi connectivity index (χ4n) is 1.86. The summed E-state index contributed by atoms with van der Waals surface area (Å²) in [6, 6.07) is 6.06. The van der Waals surface area contributed by atoms with Gasteiger partial charge in [0.15, 0.2) is 0 Å². The molecule has 2 aromatic rings. The van der Waals surface area contributed by atoms with Crippen molar-refractivity contribution in [1.82, 2.24) is 9.55 Å². The summed E-state index contributed by atoms with van der Waals surface area (Å²) >= 11 is 0. The minimum atomic E-state index is 0.848. The van der Waals surface area contributed by atoms with Gasteiger partial charge in [0, 0.05) is 36.9 Å². The van der Waals surface area contributed by atoms with Gasteiger partial charge in [-0.15, -0.1) is 0 Å². The monoisotopic (exact) mass is 244 g/mol. The van der Waals surface area contributed by atoms with Crippen molar-refractivity contribution >= 4 is 11.4 Å². The van der Waals surface area contributed by atoms with Crippen LogP contribution in [0.5, 0.6) is 0 Å². The van der Waals surface area contributed by atoms with E-state index in [9.17, 15) is 0 Å². The molecule has 0 amide bonds. The van der Waals surface area contributed by atoms with E-state index in [0.29, 0.717) is 0 Å². The van der Waals surface area contributed by atoms with Gasteiger partial charge in [-0.2, -0.15) is 0 Å². The number of nitrogens with zero attached hydrogens (tertiary/aromatic N) is 2. The van der Waals surface area contributed by atoms with Crippen LogP contribution in [0.15, 0.2) is 36.9 Å². The van der Waals surface area contributed by atoms with E-state index in [1.807, 2.05) is 37.8 Å². The van der Waals surface area contributed by atoms with Crippen LogP contribution < -0.4 is 11.1 Å². The standard InChI is InChI=1S/C14H20N4/c1-12-10-13(4-5-14(12)15)17-6-2-3-8-18-9-7-16-11-18/h4-5,7,9-11,17H,2-3,6,8,15H2,1H3. The Kier molecular flexibility index (Phi) is 4.23. The molecule has 3 N–H and O–H groups in total. The molecule has 4 nitrogen and oxygen atoms in total. The van der Waals surface area contributed by atoms with Crippen LogP contribution in [0, 0.1) is 6.92 Å². The first-order valence-electron chi connectivity index (χ1n) is 6.31. The Morgan fingerprint density at radius 2 is 2.22 bits per heavy atom. The van der Waals surface area contributed by atoms with E-state index >= 15 is 0 Å². The smallest absolute Gasteiger partial charge is 0.0945 e. The van der Waals surface area contributed by atoms with Crippen LogP contribution in [0.25, 0.3) is 0 Å². The maximum absolute atomic E-state index is 5.78. The zero-order valence-corrected chi connectivity index (χ0v) is 10.8. The highest BCUT2D eigenvalue weighted by molar-refractivity contribution is 5.56. The van der Waals surface area contributed by atoms with E-state index in [1.165, 1.54) is 0 Å². The SMILES string of the molecule is Cc1cc(NCCCCn2ccnc2)ccc1N. The molecule has 0 aliphatic rings. The Balaban J connectivity index is 1.67. The molecule has 2 rings (SSSR count). The average Bonchev–Trinajstić information content (AvgIpc) is 2.86. The molecule has 1 aromatic heterocycles. The molecule has 0 fully saturated rings. The average molecular weight is 244 g/mol. The summed E-state index contributed by atoms with van der Waals surface area (Å²) in [6.45, 7) is 4.04. The second-order valence-electron chi connectivity index (χ2n) is 4.51. The molecule has 0 saturated heterocycles. The molecule has 0 aliphatic heterocycles. The van der Waals surface area contributed by atoms with Crippen LogP contribution in [0.4, 0.5) is 11.4 Å². The minimum Gasteiger partial charge on any atom is -0.399 e. The number of aryl methyl sites for hydroxylation is 2. The number of nitrogens with two attached hydrogens (primary N) is 1. The van der Waals surface area contributed by atoms with E-state index in [2.05, 4.69) is 20.9 Å². The third kappa shape index (κ3) is 3.52. The van der Waals surface area contributed by atoms with Gasteiger partial charge in [-0.3, -0.25) is 0 Å². The Hall–Kier alpha value is -1.97. The van der Waals surface area contributed by atoms with Gasteiger partial charge in [0.05, 0.1) is 6.33 Å². The van der Waals surface area contributed by atoms with Crippen molar-refractivity contribution in [3.05, 3.63) is 42.5 Å². The van der Waals surface area contributed by atoms with E-state index in [4.69, 9.17) is 5.73 Å². The largest absolute Gasteiger partial charge is 0.399 e. The van der Waals surface area contributed by atoms with Crippen molar-refractivity contribution in [2.24, 2.45) is 0 Å². The molecule has 1 heterocycles. The van der Waals surface area contributed by atoms with Crippen LogP contribution in [0.2, 0.25) is 0 Å². The fourth-order valence-corrected chi connectivity index (χ4v) is 1.86. The predicted octanol–water partition coefficient (Wildman–Crippen LogP) is 2.67. The lowest BCUT2D eigenvalue weighted by Crippen LogP contribution is -2.04. The molecule has 18 heavy (non-hydrogen) atoms. The van der Waals surface area contributed by atoms with Gasteiger partial charge < -0.3 is 15.6 Å². The van der Waals surface area contributed by atoms with Crippen molar-refractivity contribution in [1.29, 1.82) is 0 Å². The van der Waals surface area contributed by atoms with Crippen LogP contribution in [-0.2, 0) is 6.54 Å². The third-order valence-electron chi connectivity index (χ3n) is 3.00. The summed E-state index contributed by atoms with van der Waals surface area (Å²) in [5, 5.41) is 3.41. The molecule has 0 aliphatic carbocycles. The van der Waals surface area contributed by atoms with Gasteiger partial charge in [0.25, 0.3) is 0 Å². The molecule has 0 bridgehead atoms. The lowest BCUT2D eigenvalue weighted by molar-refractivity contribution is 0.621. The Morgan fingerprint density at radius 3 is 2.94 bits per heavy atom. The van der Waals surface area contributed by atoms with Crippen molar-refractivity contribution < 1.29 is 0 Å².